The molecule has 1 atom stereocenters. The van der Waals surface area contributed by atoms with Crippen molar-refractivity contribution in [1.82, 2.24) is 5.32 Å². The van der Waals surface area contributed by atoms with Crippen LogP contribution >= 0.6 is 11.6 Å². The summed E-state index contributed by atoms with van der Waals surface area (Å²) in [4.78, 5) is 0. The molecule has 0 aromatic heterocycles. The van der Waals surface area contributed by atoms with Gasteiger partial charge in [-0.3, -0.25) is 0 Å². The molecule has 0 aromatic rings. The molecular formula is C8H16ClNO. The second kappa shape index (κ2) is 6.65. The predicted octanol–water partition coefficient (Wildman–Crippen LogP) is 1.49. The van der Waals surface area contributed by atoms with Gasteiger partial charge in [0.05, 0.1) is 0 Å². The van der Waals surface area contributed by atoms with Crippen molar-refractivity contribution in [3.8, 4) is 0 Å². The fourth-order valence-corrected chi connectivity index (χ4v) is 0.747. The topological polar surface area (TPSA) is 32.3 Å². The maximum absolute atomic E-state index is 8.58. The molecule has 0 spiro atoms. The van der Waals surface area contributed by atoms with Gasteiger partial charge >= 0.3 is 0 Å². The van der Waals surface area contributed by atoms with Gasteiger partial charge in [0.15, 0.2) is 0 Å². The molecule has 3 heteroatoms. The van der Waals surface area contributed by atoms with Gasteiger partial charge in [-0.25, -0.2) is 0 Å². The second-order valence-electron chi connectivity index (χ2n) is 2.75. The highest BCUT2D eigenvalue weighted by Crippen LogP contribution is 1.95. The van der Waals surface area contributed by atoms with Crippen molar-refractivity contribution >= 4 is 11.6 Å². The maximum atomic E-state index is 8.58. The Bertz CT molecular complexity index is 125. The van der Waals surface area contributed by atoms with E-state index < -0.39 is 0 Å². The summed E-state index contributed by atoms with van der Waals surface area (Å²) in [5.41, 5.74) is 2.68. The first-order chi connectivity index (χ1) is 5.20. The van der Waals surface area contributed by atoms with E-state index in [0.29, 0.717) is 6.04 Å². The molecule has 0 heterocycles. The van der Waals surface area contributed by atoms with E-state index in [1.807, 2.05) is 13.8 Å². The number of nitrogens with one attached hydrogen (secondary N) is 1. The minimum atomic E-state index is 0.234. The van der Waals surface area contributed by atoms with Crippen molar-refractivity contribution < 1.29 is 5.11 Å². The average Bonchev–Trinajstić information content (AvgIpc) is 2.01. The van der Waals surface area contributed by atoms with Crippen LogP contribution in [0.15, 0.2) is 11.1 Å². The Kier molecular flexibility index (Phi) is 6.62. The van der Waals surface area contributed by atoms with Gasteiger partial charge in [-0.15, -0.1) is 0 Å². The molecule has 0 fully saturated rings. The molecule has 0 aliphatic heterocycles. The van der Waals surface area contributed by atoms with E-state index in [2.05, 4.69) is 5.32 Å². The van der Waals surface area contributed by atoms with Crippen LogP contribution in [0.25, 0.3) is 0 Å². The standard InChI is InChI=1S/C8H16ClNO/c1-7(5-9)6-10-8(2)3-4-11/h5,8,10-11H,3-4,6H2,1-2H3. The van der Waals surface area contributed by atoms with Crippen molar-refractivity contribution in [2.24, 2.45) is 0 Å². The Morgan fingerprint density at radius 3 is 2.82 bits per heavy atom. The van der Waals surface area contributed by atoms with Crippen LogP contribution in [-0.2, 0) is 0 Å². The predicted molar refractivity (Wildman–Crippen MR) is 48.8 cm³/mol. The molecular weight excluding hydrogens is 162 g/mol. The second-order valence-corrected chi connectivity index (χ2v) is 2.97. The Morgan fingerprint density at radius 1 is 1.73 bits per heavy atom. The number of aliphatic hydroxyl groups excluding tert-OH is 1. The summed E-state index contributed by atoms with van der Waals surface area (Å²) in [6.45, 7) is 5.03. The first-order valence-electron chi connectivity index (χ1n) is 3.80. The van der Waals surface area contributed by atoms with Crippen molar-refractivity contribution in [2.75, 3.05) is 13.2 Å². The summed E-state index contributed by atoms with van der Waals surface area (Å²) in [6.07, 6.45) is 0.787. The maximum Gasteiger partial charge on any atom is 0.0445 e. The van der Waals surface area contributed by atoms with Crippen LogP contribution in [-0.4, -0.2) is 24.3 Å². The lowest BCUT2D eigenvalue weighted by Crippen LogP contribution is -2.28. The zero-order chi connectivity index (χ0) is 8.69. The van der Waals surface area contributed by atoms with E-state index in [1.54, 1.807) is 5.54 Å². The highest BCUT2D eigenvalue weighted by Gasteiger charge is 1.98. The Balaban J connectivity index is 3.37. The molecule has 2 nitrogen and oxygen atoms in total. The van der Waals surface area contributed by atoms with Gasteiger partial charge < -0.3 is 10.4 Å². The minimum Gasteiger partial charge on any atom is -0.396 e. The fourth-order valence-electron chi connectivity index (χ4n) is 0.670. The van der Waals surface area contributed by atoms with E-state index in [4.69, 9.17) is 16.7 Å². The average molecular weight is 178 g/mol. The van der Waals surface area contributed by atoms with Gasteiger partial charge in [0, 0.05) is 24.7 Å². The third-order valence-corrected chi connectivity index (χ3v) is 1.85. The summed E-state index contributed by atoms with van der Waals surface area (Å²) >= 11 is 5.46. The van der Waals surface area contributed by atoms with Gasteiger partial charge in [0.1, 0.15) is 0 Å². The lowest BCUT2D eigenvalue weighted by Gasteiger charge is -2.11. The van der Waals surface area contributed by atoms with E-state index in [1.165, 1.54) is 0 Å². The zero-order valence-corrected chi connectivity index (χ0v) is 7.86. The van der Waals surface area contributed by atoms with E-state index in [-0.39, 0.29) is 6.61 Å². The number of hydrogen-bond acceptors (Lipinski definition) is 2. The largest absolute Gasteiger partial charge is 0.396 e. The van der Waals surface area contributed by atoms with Gasteiger partial charge in [0.2, 0.25) is 0 Å². The number of aliphatic hydroxyl groups is 1. The van der Waals surface area contributed by atoms with Crippen LogP contribution in [0.5, 0.6) is 0 Å². The molecule has 0 aromatic carbocycles. The van der Waals surface area contributed by atoms with Crippen LogP contribution in [0.4, 0.5) is 0 Å². The van der Waals surface area contributed by atoms with Gasteiger partial charge in [-0.2, -0.15) is 0 Å². The molecule has 0 amide bonds. The van der Waals surface area contributed by atoms with Gasteiger partial charge in [-0.05, 0) is 25.8 Å². The van der Waals surface area contributed by atoms with E-state index in [9.17, 15) is 0 Å². The molecule has 0 rings (SSSR count). The number of halogens is 1. The molecule has 0 bridgehead atoms. The van der Waals surface area contributed by atoms with Crippen molar-refractivity contribution in [2.45, 2.75) is 26.3 Å². The van der Waals surface area contributed by atoms with E-state index in [0.717, 1.165) is 18.5 Å². The van der Waals surface area contributed by atoms with Crippen molar-refractivity contribution in [3.63, 3.8) is 0 Å². The molecule has 0 aliphatic carbocycles. The highest BCUT2D eigenvalue weighted by atomic mass is 35.5. The quantitative estimate of drug-likeness (QED) is 0.667. The van der Waals surface area contributed by atoms with Gasteiger partial charge in [-0.1, -0.05) is 11.6 Å². The smallest absolute Gasteiger partial charge is 0.0445 e. The SMILES string of the molecule is CC(=CCl)CNC(C)CCO. The number of rotatable bonds is 5. The molecule has 0 saturated heterocycles. The summed E-state index contributed by atoms with van der Waals surface area (Å²) in [5, 5.41) is 11.8. The number of hydrogen-bond donors (Lipinski definition) is 2. The lowest BCUT2D eigenvalue weighted by molar-refractivity contribution is 0.270. The first-order valence-corrected chi connectivity index (χ1v) is 4.24. The summed E-state index contributed by atoms with van der Waals surface area (Å²) in [7, 11) is 0. The van der Waals surface area contributed by atoms with Crippen LogP contribution in [0.1, 0.15) is 20.3 Å². The third kappa shape index (κ3) is 6.35. The zero-order valence-electron chi connectivity index (χ0n) is 7.10. The normalized spacial score (nSPS) is 15.1. The lowest BCUT2D eigenvalue weighted by atomic mass is 10.2. The first kappa shape index (κ1) is 11.0. The minimum absolute atomic E-state index is 0.234. The molecule has 11 heavy (non-hydrogen) atoms. The fraction of sp³-hybridized carbons (Fsp3) is 0.750. The molecule has 0 aliphatic rings. The Labute approximate surface area is 73.3 Å². The van der Waals surface area contributed by atoms with Crippen LogP contribution < -0.4 is 5.32 Å². The highest BCUT2D eigenvalue weighted by molar-refractivity contribution is 6.25. The Morgan fingerprint density at radius 2 is 2.36 bits per heavy atom. The molecule has 2 N–H and O–H groups in total. The van der Waals surface area contributed by atoms with Crippen molar-refractivity contribution in [3.05, 3.63) is 11.1 Å². The summed E-state index contributed by atoms with van der Waals surface area (Å²) in [6, 6.07) is 0.353. The van der Waals surface area contributed by atoms with Crippen LogP contribution in [0.2, 0.25) is 0 Å². The van der Waals surface area contributed by atoms with Gasteiger partial charge in [0.25, 0.3) is 0 Å². The van der Waals surface area contributed by atoms with Crippen LogP contribution in [0.3, 0.4) is 0 Å². The summed E-state index contributed by atoms with van der Waals surface area (Å²) < 4.78 is 0. The monoisotopic (exact) mass is 177 g/mol. The third-order valence-electron chi connectivity index (χ3n) is 1.48. The van der Waals surface area contributed by atoms with Crippen molar-refractivity contribution in [1.29, 1.82) is 0 Å². The van der Waals surface area contributed by atoms with E-state index >= 15 is 0 Å². The molecule has 0 radical (unpaired) electrons. The Hall–Kier alpha value is -0.0500. The molecule has 1 unspecified atom stereocenters. The molecule has 0 saturated carbocycles. The molecule has 66 valence electrons. The van der Waals surface area contributed by atoms with Crippen LogP contribution in [0, 0.1) is 0 Å². The summed E-state index contributed by atoms with van der Waals surface area (Å²) in [5.74, 6) is 0.